The van der Waals surface area contributed by atoms with Gasteiger partial charge in [0, 0.05) is 31.2 Å². The highest BCUT2D eigenvalue weighted by atomic mass is 19.4. The van der Waals surface area contributed by atoms with Gasteiger partial charge in [-0.05, 0) is 42.2 Å². The highest BCUT2D eigenvalue weighted by molar-refractivity contribution is 6.00. The van der Waals surface area contributed by atoms with Crippen molar-refractivity contribution in [2.24, 2.45) is 0 Å². The number of nitrogens with one attached hydrogen (secondary N) is 3. The van der Waals surface area contributed by atoms with E-state index in [1.54, 1.807) is 0 Å². The summed E-state index contributed by atoms with van der Waals surface area (Å²) in [6.45, 7) is 4.01. The van der Waals surface area contributed by atoms with Gasteiger partial charge in [-0.2, -0.15) is 13.2 Å². The van der Waals surface area contributed by atoms with E-state index in [2.05, 4.69) is 32.5 Å². The molecule has 0 fully saturated rings. The Labute approximate surface area is 182 Å². The van der Waals surface area contributed by atoms with E-state index in [0.29, 0.717) is 5.69 Å². The number of hydrogen-bond donors (Lipinski definition) is 3. The summed E-state index contributed by atoms with van der Waals surface area (Å²) in [4.78, 5) is 20.0. The van der Waals surface area contributed by atoms with Gasteiger partial charge in [0.1, 0.15) is 5.82 Å². The molecule has 6 nitrogen and oxygen atoms in total. The summed E-state index contributed by atoms with van der Waals surface area (Å²) in [5.74, 6) is -0.224. The first-order chi connectivity index (χ1) is 15.2. The molecule has 0 bridgehead atoms. The number of nitrogens with zero attached hydrogens (tertiary/aromatic N) is 2. The summed E-state index contributed by atoms with van der Waals surface area (Å²) < 4.78 is 40.9. The Morgan fingerprint density at radius 3 is 2.56 bits per heavy atom. The lowest BCUT2D eigenvalue weighted by Crippen LogP contribution is -2.19. The molecule has 0 radical (unpaired) electrons. The normalized spacial score (nSPS) is 12.9. The average molecular weight is 439 g/mol. The predicted molar refractivity (Wildman–Crippen MR) is 116 cm³/mol. The van der Waals surface area contributed by atoms with Crippen LogP contribution in [-0.2, 0) is 19.0 Å². The van der Waals surface area contributed by atoms with E-state index in [0.717, 1.165) is 30.2 Å². The lowest BCUT2D eigenvalue weighted by molar-refractivity contribution is -0.137. The van der Waals surface area contributed by atoms with Crippen LogP contribution in [0.25, 0.3) is 0 Å². The van der Waals surface area contributed by atoms with Crippen LogP contribution in [0.2, 0.25) is 0 Å². The van der Waals surface area contributed by atoms with Crippen molar-refractivity contribution in [3.05, 3.63) is 83.3 Å². The molecule has 0 aliphatic heterocycles. The van der Waals surface area contributed by atoms with E-state index in [1.165, 1.54) is 37.1 Å². The highest BCUT2D eigenvalue weighted by Crippen LogP contribution is 2.38. The van der Waals surface area contributed by atoms with E-state index < -0.39 is 17.6 Å². The number of allylic oxidation sites excluding steroid dienone is 1. The van der Waals surface area contributed by atoms with Gasteiger partial charge in [0.05, 0.1) is 28.7 Å². The van der Waals surface area contributed by atoms with Crippen LogP contribution in [0.3, 0.4) is 0 Å². The fraction of sp³-hybridized carbons (Fsp3) is 0.174. The van der Waals surface area contributed by atoms with Crippen LogP contribution in [-0.4, -0.2) is 22.9 Å². The minimum absolute atomic E-state index is 0.144. The van der Waals surface area contributed by atoms with Crippen molar-refractivity contribution >= 4 is 28.8 Å². The van der Waals surface area contributed by atoms with Gasteiger partial charge < -0.3 is 16.0 Å². The zero-order chi connectivity index (χ0) is 22.9. The molecule has 3 N–H and O–H groups in total. The average Bonchev–Trinajstić information content (AvgIpc) is 3.12. The third kappa shape index (κ3) is 4.41. The number of rotatable bonds is 5. The Morgan fingerprint density at radius 1 is 1.03 bits per heavy atom. The molecule has 3 aromatic rings. The van der Waals surface area contributed by atoms with Gasteiger partial charge in [0.25, 0.3) is 5.91 Å². The van der Waals surface area contributed by atoms with Gasteiger partial charge >= 0.3 is 6.18 Å². The van der Waals surface area contributed by atoms with Crippen LogP contribution in [0.4, 0.5) is 36.1 Å². The first-order valence-electron chi connectivity index (χ1n) is 9.80. The molecule has 4 rings (SSSR count). The van der Waals surface area contributed by atoms with E-state index >= 15 is 0 Å². The van der Waals surface area contributed by atoms with E-state index in [-0.39, 0.29) is 22.8 Å². The van der Waals surface area contributed by atoms with Gasteiger partial charge in [-0.1, -0.05) is 18.2 Å². The van der Waals surface area contributed by atoms with E-state index in [4.69, 9.17) is 0 Å². The highest BCUT2D eigenvalue weighted by Gasteiger charge is 2.34. The van der Waals surface area contributed by atoms with Crippen molar-refractivity contribution in [1.82, 2.24) is 15.3 Å². The zero-order valence-electron chi connectivity index (χ0n) is 17.2. The molecule has 32 heavy (non-hydrogen) atoms. The molecule has 0 saturated carbocycles. The number of aromatic nitrogens is 2. The molecular weight excluding hydrogens is 419 g/mol. The third-order valence-corrected chi connectivity index (χ3v) is 5.13. The van der Waals surface area contributed by atoms with Crippen molar-refractivity contribution in [3.63, 3.8) is 0 Å². The number of halogens is 3. The molecule has 0 spiro atoms. The Balaban J connectivity index is 1.68. The number of carbonyl (C=O) groups excluding carboxylic acids is 1. The maximum Gasteiger partial charge on any atom is 0.419 e. The lowest BCUT2D eigenvalue weighted by atomic mass is 10.1. The molecule has 1 aromatic carbocycles. The van der Waals surface area contributed by atoms with Gasteiger partial charge in [-0.15, -0.1) is 0 Å². The van der Waals surface area contributed by atoms with Gasteiger partial charge in [-0.3, -0.25) is 9.78 Å². The van der Waals surface area contributed by atoms with Gasteiger partial charge in [-0.25, -0.2) is 4.98 Å². The molecule has 0 atom stereocenters. The Morgan fingerprint density at radius 2 is 1.81 bits per heavy atom. The maximum absolute atomic E-state index is 13.6. The smallest absolute Gasteiger partial charge is 0.355 e. The second-order valence-electron chi connectivity index (χ2n) is 7.45. The number of pyridine rings is 2. The SMILES string of the molecule is C=C1Cc2ccc(Nc3cc(Nc4cnccc4C(=O)NC)c(C(F)(F)F)cn3)cc2C1. The second kappa shape index (κ2) is 8.33. The minimum atomic E-state index is -4.64. The number of fused-ring (bicyclic) bond motifs is 1. The molecule has 9 heteroatoms. The van der Waals surface area contributed by atoms with Crippen molar-refractivity contribution in [3.8, 4) is 0 Å². The second-order valence-corrected chi connectivity index (χ2v) is 7.45. The molecule has 2 heterocycles. The van der Waals surface area contributed by atoms with Crippen LogP contribution in [0.15, 0.2) is 61.1 Å². The molecular formula is C23H20F3N5O. The topological polar surface area (TPSA) is 78.9 Å². The molecule has 1 amide bonds. The largest absolute Gasteiger partial charge is 0.419 e. The van der Waals surface area contributed by atoms with Crippen molar-refractivity contribution in [2.45, 2.75) is 19.0 Å². The Hall–Kier alpha value is -3.88. The Bertz CT molecular complexity index is 1210. The maximum atomic E-state index is 13.6. The minimum Gasteiger partial charge on any atom is -0.355 e. The summed E-state index contributed by atoms with van der Waals surface area (Å²) in [5.41, 5.74) is 3.27. The fourth-order valence-corrected chi connectivity index (χ4v) is 3.61. The zero-order valence-corrected chi connectivity index (χ0v) is 17.2. The van der Waals surface area contributed by atoms with Crippen LogP contribution in [0.5, 0.6) is 0 Å². The van der Waals surface area contributed by atoms with Crippen LogP contribution >= 0.6 is 0 Å². The van der Waals surface area contributed by atoms with Crippen molar-refractivity contribution in [2.75, 3.05) is 17.7 Å². The lowest BCUT2D eigenvalue weighted by Gasteiger charge is -2.17. The number of benzene rings is 1. The van der Waals surface area contributed by atoms with Crippen molar-refractivity contribution in [1.29, 1.82) is 0 Å². The van der Waals surface area contributed by atoms with E-state index in [1.807, 2.05) is 18.2 Å². The third-order valence-electron chi connectivity index (χ3n) is 5.13. The summed E-state index contributed by atoms with van der Waals surface area (Å²) >= 11 is 0. The number of carbonyl (C=O) groups is 1. The molecule has 1 aliphatic carbocycles. The van der Waals surface area contributed by atoms with Gasteiger partial charge in [0.2, 0.25) is 0 Å². The molecule has 0 saturated heterocycles. The number of amides is 1. The first-order valence-corrected chi connectivity index (χ1v) is 9.80. The Kier molecular flexibility index (Phi) is 5.56. The number of anilines is 4. The molecule has 2 aromatic heterocycles. The number of alkyl halides is 3. The summed E-state index contributed by atoms with van der Waals surface area (Å²) in [5, 5.41) is 8.22. The standard InChI is InChI=1S/C23H20F3N5O/c1-13-7-14-3-4-16(9-15(14)8-13)30-21-10-19(18(11-29-21)23(24,25)26)31-20-12-28-6-5-17(20)22(32)27-2/h3-6,9-12H,1,7-8H2,2H3,(H,27,32)(H2,29,30,31). The summed E-state index contributed by atoms with van der Waals surface area (Å²) in [7, 11) is 1.44. The van der Waals surface area contributed by atoms with Crippen molar-refractivity contribution < 1.29 is 18.0 Å². The molecule has 0 unspecified atom stereocenters. The quantitative estimate of drug-likeness (QED) is 0.488. The van der Waals surface area contributed by atoms with Crippen LogP contribution < -0.4 is 16.0 Å². The molecule has 1 aliphatic rings. The van der Waals surface area contributed by atoms with E-state index in [9.17, 15) is 18.0 Å². The first kappa shape index (κ1) is 21.4. The fourth-order valence-electron chi connectivity index (χ4n) is 3.61. The summed E-state index contributed by atoms with van der Waals surface area (Å²) in [6.07, 6.45) is 0.420. The number of hydrogen-bond acceptors (Lipinski definition) is 5. The molecule has 164 valence electrons. The van der Waals surface area contributed by atoms with Gasteiger partial charge in [0.15, 0.2) is 0 Å². The predicted octanol–water partition coefficient (Wildman–Crippen LogP) is 5.00. The van der Waals surface area contributed by atoms with Crippen LogP contribution in [0.1, 0.15) is 27.0 Å². The summed E-state index contributed by atoms with van der Waals surface area (Å²) in [6, 6.07) is 8.46. The van der Waals surface area contributed by atoms with Crippen LogP contribution in [0, 0.1) is 0 Å². The monoisotopic (exact) mass is 439 g/mol.